The molecule has 2 aromatic rings. The number of piperidine rings is 1. The summed E-state index contributed by atoms with van der Waals surface area (Å²) in [6.07, 6.45) is -1.97. The first-order valence-electron chi connectivity index (χ1n) is 9.59. The number of carbonyl (C=O) groups is 1. The van der Waals surface area contributed by atoms with Crippen LogP contribution in [0.25, 0.3) is 0 Å². The van der Waals surface area contributed by atoms with Crippen molar-refractivity contribution in [1.82, 2.24) is 4.90 Å². The van der Waals surface area contributed by atoms with Gasteiger partial charge in [0.15, 0.2) is 12.1 Å². The Morgan fingerprint density at radius 3 is 2.38 bits per heavy atom. The Morgan fingerprint density at radius 1 is 1.10 bits per heavy atom. The first-order valence-corrected chi connectivity index (χ1v) is 10.3. The highest BCUT2D eigenvalue weighted by molar-refractivity contribution is 6.42. The number of aliphatic hydroxyl groups is 2. The summed E-state index contributed by atoms with van der Waals surface area (Å²) >= 11 is 12.0. The highest BCUT2D eigenvalue weighted by atomic mass is 35.5. The van der Waals surface area contributed by atoms with Crippen molar-refractivity contribution in [3.63, 3.8) is 0 Å². The van der Waals surface area contributed by atoms with Crippen molar-refractivity contribution in [2.45, 2.75) is 43.7 Å². The summed E-state index contributed by atoms with van der Waals surface area (Å²) in [4.78, 5) is 13.8. The van der Waals surface area contributed by atoms with Crippen LogP contribution in [0.1, 0.15) is 35.2 Å². The number of alkyl halides is 1. The number of hydrogen-bond donors (Lipinski definition) is 2. The Hall–Kier alpha value is -1.50. The molecule has 2 atom stereocenters. The first-order chi connectivity index (χ1) is 13.8. The fourth-order valence-corrected chi connectivity index (χ4v) is 3.98. The summed E-state index contributed by atoms with van der Waals surface area (Å²) in [7, 11) is 0. The van der Waals surface area contributed by atoms with Gasteiger partial charge in [0.25, 0.3) is 0 Å². The molecule has 156 valence electrons. The minimum absolute atomic E-state index is 0.293. The van der Waals surface area contributed by atoms with Crippen LogP contribution in [0.2, 0.25) is 10.0 Å². The molecule has 4 nitrogen and oxygen atoms in total. The maximum absolute atomic E-state index is 14.7. The number of rotatable bonds is 7. The van der Waals surface area contributed by atoms with Gasteiger partial charge in [-0.1, -0.05) is 59.6 Å². The molecule has 0 amide bonds. The molecular weight excluding hydrogens is 416 g/mol. The summed E-state index contributed by atoms with van der Waals surface area (Å²) in [6, 6.07) is 13.6. The largest absolute Gasteiger partial charge is 0.389 e. The molecule has 7 heteroatoms. The third-order valence-electron chi connectivity index (χ3n) is 5.42. The van der Waals surface area contributed by atoms with Crippen molar-refractivity contribution in [2.24, 2.45) is 0 Å². The number of likely N-dealkylation sites (tertiary alicyclic amines) is 1. The monoisotopic (exact) mass is 439 g/mol. The summed E-state index contributed by atoms with van der Waals surface area (Å²) in [6.45, 7) is 0.677. The Morgan fingerprint density at radius 2 is 1.76 bits per heavy atom. The summed E-state index contributed by atoms with van der Waals surface area (Å²) in [5.74, 6) is -0.485. The number of nitrogens with zero attached hydrogens (tertiary/aromatic N) is 1. The van der Waals surface area contributed by atoms with E-state index in [2.05, 4.69) is 0 Å². The second-order valence-electron chi connectivity index (χ2n) is 7.60. The lowest BCUT2D eigenvalue weighted by molar-refractivity contribution is -0.0570. The van der Waals surface area contributed by atoms with Crippen LogP contribution in [-0.4, -0.2) is 52.0 Å². The number of aliphatic hydroxyl groups excluding tert-OH is 1. The van der Waals surface area contributed by atoms with E-state index < -0.39 is 23.8 Å². The van der Waals surface area contributed by atoms with Crippen molar-refractivity contribution in [2.75, 3.05) is 13.1 Å². The van der Waals surface area contributed by atoms with E-state index in [0.29, 0.717) is 48.0 Å². The Balaban J connectivity index is 1.52. The highest BCUT2D eigenvalue weighted by Crippen LogP contribution is 2.31. The average Bonchev–Trinajstić information content (AvgIpc) is 2.71. The van der Waals surface area contributed by atoms with E-state index in [1.54, 1.807) is 47.4 Å². The first kappa shape index (κ1) is 22.2. The standard InChI is InChI=1S/C22H24Cl2FNO3/c23-17-7-6-15(12-18(17)24)14-22(29)8-10-26(11-9-22)20(25)13-19(27)21(28)16-4-2-1-3-5-16/h1-7,12,19-20,27,29H,8-11,13-14H2. The Labute approximate surface area is 179 Å². The number of carbonyl (C=O) groups excluding carboxylic acids is 1. The molecule has 0 bridgehead atoms. The average molecular weight is 440 g/mol. The van der Waals surface area contributed by atoms with Gasteiger partial charge in [-0.15, -0.1) is 0 Å². The van der Waals surface area contributed by atoms with Crippen molar-refractivity contribution in [3.05, 3.63) is 69.7 Å². The van der Waals surface area contributed by atoms with Gasteiger partial charge < -0.3 is 10.2 Å². The summed E-state index contributed by atoms with van der Waals surface area (Å²) in [5, 5.41) is 21.9. The predicted octanol–water partition coefficient (Wildman–Crippen LogP) is 4.29. The van der Waals surface area contributed by atoms with E-state index in [1.807, 2.05) is 6.07 Å². The highest BCUT2D eigenvalue weighted by Gasteiger charge is 2.36. The molecule has 2 N–H and O–H groups in total. The summed E-state index contributed by atoms with van der Waals surface area (Å²) < 4.78 is 14.7. The second kappa shape index (κ2) is 9.54. The molecule has 1 aliphatic heterocycles. The molecule has 29 heavy (non-hydrogen) atoms. The Kier molecular flexibility index (Phi) is 7.30. The quantitative estimate of drug-likeness (QED) is 0.498. The van der Waals surface area contributed by atoms with Crippen LogP contribution >= 0.6 is 23.2 Å². The molecule has 1 heterocycles. The molecule has 0 aromatic heterocycles. The molecular formula is C22H24Cl2FNO3. The molecule has 1 fully saturated rings. The predicted molar refractivity (Wildman–Crippen MR) is 112 cm³/mol. The molecule has 2 unspecified atom stereocenters. The van der Waals surface area contributed by atoms with Gasteiger partial charge in [0.1, 0.15) is 6.10 Å². The maximum Gasteiger partial charge on any atom is 0.191 e. The smallest absolute Gasteiger partial charge is 0.191 e. The zero-order valence-electron chi connectivity index (χ0n) is 15.9. The van der Waals surface area contributed by atoms with Gasteiger partial charge in [0.2, 0.25) is 0 Å². The third-order valence-corrected chi connectivity index (χ3v) is 6.16. The molecule has 0 saturated carbocycles. The fourth-order valence-electron chi connectivity index (χ4n) is 3.66. The lowest BCUT2D eigenvalue weighted by Gasteiger charge is -2.39. The normalized spacial score (nSPS) is 18.9. The molecule has 0 spiro atoms. The molecule has 1 saturated heterocycles. The van der Waals surface area contributed by atoms with Gasteiger partial charge in [-0.3, -0.25) is 9.69 Å². The van der Waals surface area contributed by atoms with Crippen molar-refractivity contribution >= 4 is 29.0 Å². The van der Waals surface area contributed by atoms with Crippen LogP contribution in [0.4, 0.5) is 4.39 Å². The van der Waals surface area contributed by atoms with Gasteiger partial charge in [0.05, 0.1) is 15.6 Å². The zero-order valence-corrected chi connectivity index (χ0v) is 17.4. The van der Waals surface area contributed by atoms with Crippen molar-refractivity contribution in [3.8, 4) is 0 Å². The van der Waals surface area contributed by atoms with Crippen molar-refractivity contribution in [1.29, 1.82) is 0 Å². The fraction of sp³-hybridized carbons (Fsp3) is 0.409. The summed E-state index contributed by atoms with van der Waals surface area (Å²) in [5.41, 5.74) is 0.282. The number of halogens is 3. The zero-order chi connectivity index (χ0) is 21.0. The minimum Gasteiger partial charge on any atom is -0.389 e. The number of Topliss-reactive ketones (excluding diaryl/α,β-unsaturated/α-hetero) is 1. The Bertz CT molecular complexity index is 841. The molecule has 2 aromatic carbocycles. The lowest BCUT2D eigenvalue weighted by Crippen LogP contribution is -2.49. The van der Waals surface area contributed by atoms with E-state index in [0.717, 1.165) is 5.56 Å². The lowest BCUT2D eigenvalue weighted by atomic mass is 9.85. The van der Waals surface area contributed by atoms with Gasteiger partial charge in [0, 0.05) is 31.5 Å². The number of hydrogen-bond acceptors (Lipinski definition) is 4. The van der Waals surface area contributed by atoms with Crippen LogP contribution in [0.5, 0.6) is 0 Å². The number of benzene rings is 2. The molecule has 1 aliphatic rings. The van der Waals surface area contributed by atoms with Gasteiger partial charge >= 0.3 is 0 Å². The number of ketones is 1. The van der Waals surface area contributed by atoms with Gasteiger partial charge in [-0.25, -0.2) is 4.39 Å². The van der Waals surface area contributed by atoms with Crippen LogP contribution < -0.4 is 0 Å². The minimum atomic E-state index is -1.45. The van der Waals surface area contributed by atoms with Gasteiger partial charge in [-0.2, -0.15) is 0 Å². The van der Waals surface area contributed by atoms with Crippen LogP contribution in [0, 0.1) is 0 Å². The van der Waals surface area contributed by atoms with Crippen LogP contribution in [-0.2, 0) is 6.42 Å². The van der Waals surface area contributed by atoms with Crippen molar-refractivity contribution < 1.29 is 19.4 Å². The molecule has 0 aliphatic carbocycles. The van der Waals surface area contributed by atoms with E-state index in [-0.39, 0.29) is 6.42 Å². The van der Waals surface area contributed by atoms with Crippen LogP contribution in [0.15, 0.2) is 48.5 Å². The maximum atomic E-state index is 14.7. The van der Waals surface area contributed by atoms with E-state index >= 15 is 0 Å². The third kappa shape index (κ3) is 5.77. The topological polar surface area (TPSA) is 60.8 Å². The molecule has 3 rings (SSSR count). The van der Waals surface area contributed by atoms with Gasteiger partial charge in [-0.05, 0) is 30.5 Å². The second-order valence-corrected chi connectivity index (χ2v) is 8.42. The van der Waals surface area contributed by atoms with Crippen LogP contribution in [0.3, 0.4) is 0 Å². The van der Waals surface area contributed by atoms with E-state index in [9.17, 15) is 19.4 Å². The van der Waals surface area contributed by atoms with E-state index in [4.69, 9.17) is 23.2 Å². The molecule has 0 radical (unpaired) electrons. The van der Waals surface area contributed by atoms with E-state index in [1.165, 1.54) is 0 Å². The SMILES string of the molecule is O=C(c1ccccc1)C(O)CC(F)N1CCC(O)(Cc2ccc(Cl)c(Cl)c2)CC1.